The Morgan fingerprint density at radius 2 is 2.25 bits per heavy atom. The quantitative estimate of drug-likeness (QED) is 0.542. The van der Waals surface area contributed by atoms with E-state index in [0.29, 0.717) is 5.76 Å². The molecular weight excluding hydrogens is 216 g/mol. The minimum Gasteiger partial charge on any atom is -0.435 e. The SMILES string of the molecule is Cc1cc2c(c(=O)o1)CC([N+](=O)[O-])=C(N)O2. The highest BCUT2D eigenvalue weighted by molar-refractivity contribution is 5.38. The van der Waals surface area contributed by atoms with Crippen LogP contribution in [0.5, 0.6) is 5.75 Å². The van der Waals surface area contributed by atoms with E-state index in [1.807, 2.05) is 0 Å². The molecule has 0 atom stereocenters. The number of nitrogens with two attached hydrogens (primary N) is 1. The molecule has 2 heterocycles. The van der Waals surface area contributed by atoms with Crippen molar-refractivity contribution >= 4 is 0 Å². The Morgan fingerprint density at radius 1 is 1.56 bits per heavy atom. The van der Waals surface area contributed by atoms with Crippen LogP contribution in [0.1, 0.15) is 11.3 Å². The Labute approximate surface area is 89.3 Å². The summed E-state index contributed by atoms with van der Waals surface area (Å²) in [5.74, 6) is 0.292. The number of nitrogens with zero attached hydrogens (tertiary/aromatic N) is 1. The smallest absolute Gasteiger partial charge is 0.343 e. The maximum absolute atomic E-state index is 11.4. The van der Waals surface area contributed by atoms with Crippen LogP contribution < -0.4 is 16.1 Å². The number of allylic oxidation sites excluding steroid dienone is 1. The summed E-state index contributed by atoms with van der Waals surface area (Å²) in [6, 6.07) is 1.47. The fourth-order valence-electron chi connectivity index (χ4n) is 1.45. The zero-order chi connectivity index (χ0) is 11.9. The summed E-state index contributed by atoms with van der Waals surface area (Å²) < 4.78 is 9.84. The van der Waals surface area contributed by atoms with E-state index in [9.17, 15) is 14.9 Å². The van der Waals surface area contributed by atoms with Crippen LogP contribution in [0, 0.1) is 17.0 Å². The van der Waals surface area contributed by atoms with Gasteiger partial charge >= 0.3 is 11.3 Å². The molecule has 0 saturated carbocycles. The van der Waals surface area contributed by atoms with Crippen LogP contribution in [-0.2, 0) is 6.42 Å². The molecule has 2 N–H and O–H groups in total. The largest absolute Gasteiger partial charge is 0.435 e. The van der Waals surface area contributed by atoms with Crippen LogP contribution in [0.25, 0.3) is 0 Å². The van der Waals surface area contributed by atoms with Crippen molar-refractivity contribution in [1.29, 1.82) is 0 Å². The molecule has 1 aliphatic rings. The Bertz CT molecular complexity index is 558. The van der Waals surface area contributed by atoms with E-state index in [1.165, 1.54) is 6.07 Å². The third-order valence-electron chi connectivity index (χ3n) is 2.20. The molecule has 0 spiro atoms. The zero-order valence-corrected chi connectivity index (χ0v) is 8.35. The third-order valence-corrected chi connectivity index (χ3v) is 2.20. The van der Waals surface area contributed by atoms with E-state index in [-0.39, 0.29) is 29.3 Å². The first-order chi connectivity index (χ1) is 7.49. The molecule has 84 valence electrons. The lowest BCUT2D eigenvalue weighted by atomic mass is 10.1. The van der Waals surface area contributed by atoms with Crippen LogP contribution in [0.2, 0.25) is 0 Å². The molecule has 16 heavy (non-hydrogen) atoms. The summed E-state index contributed by atoms with van der Waals surface area (Å²) in [7, 11) is 0. The molecule has 0 bridgehead atoms. The maximum atomic E-state index is 11.4. The first kappa shape index (κ1) is 10.2. The molecule has 7 nitrogen and oxygen atoms in total. The Hall–Kier alpha value is -2.31. The molecule has 1 aliphatic heterocycles. The lowest BCUT2D eigenvalue weighted by Crippen LogP contribution is -2.25. The molecule has 0 amide bonds. The van der Waals surface area contributed by atoms with Gasteiger partial charge in [0.25, 0.3) is 5.88 Å². The highest BCUT2D eigenvalue weighted by Gasteiger charge is 2.29. The second-order valence-electron chi connectivity index (χ2n) is 3.33. The normalized spacial score (nSPS) is 14.3. The number of rotatable bonds is 1. The van der Waals surface area contributed by atoms with Gasteiger partial charge in [0.05, 0.1) is 16.9 Å². The van der Waals surface area contributed by atoms with Crippen molar-refractivity contribution in [3.05, 3.63) is 49.5 Å². The predicted octanol–water partition coefficient (Wildman–Crippen LogP) is 0.288. The predicted molar refractivity (Wildman–Crippen MR) is 52.3 cm³/mol. The van der Waals surface area contributed by atoms with Gasteiger partial charge in [-0.1, -0.05) is 0 Å². The summed E-state index contributed by atoms with van der Waals surface area (Å²) in [5, 5.41) is 10.6. The van der Waals surface area contributed by atoms with Gasteiger partial charge in [-0.3, -0.25) is 10.1 Å². The van der Waals surface area contributed by atoms with Crippen molar-refractivity contribution in [2.45, 2.75) is 13.3 Å². The number of fused-ring (bicyclic) bond motifs is 1. The lowest BCUT2D eigenvalue weighted by molar-refractivity contribution is -0.430. The van der Waals surface area contributed by atoms with Crippen molar-refractivity contribution in [2.75, 3.05) is 0 Å². The average molecular weight is 224 g/mol. The summed E-state index contributed by atoms with van der Waals surface area (Å²) in [6.45, 7) is 1.58. The van der Waals surface area contributed by atoms with Crippen molar-refractivity contribution in [2.24, 2.45) is 5.73 Å². The summed E-state index contributed by atoms with van der Waals surface area (Å²) in [4.78, 5) is 21.4. The van der Waals surface area contributed by atoms with Crippen LogP contribution in [-0.4, -0.2) is 4.92 Å². The first-order valence-electron chi connectivity index (χ1n) is 4.43. The molecule has 0 fully saturated rings. The fraction of sp³-hybridized carbons (Fsp3) is 0.222. The number of ether oxygens (including phenoxy) is 1. The average Bonchev–Trinajstić information content (AvgIpc) is 2.15. The van der Waals surface area contributed by atoms with Gasteiger partial charge in [-0.25, -0.2) is 4.79 Å². The molecule has 0 aliphatic carbocycles. The van der Waals surface area contributed by atoms with E-state index in [2.05, 4.69) is 0 Å². The first-order valence-corrected chi connectivity index (χ1v) is 4.43. The van der Waals surface area contributed by atoms with Crippen LogP contribution in [0.4, 0.5) is 0 Å². The van der Waals surface area contributed by atoms with Crippen LogP contribution >= 0.6 is 0 Å². The minimum absolute atomic E-state index is 0.117. The van der Waals surface area contributed by atoms with E-state index < -0.39 is 10.5 Å². The second kappa shape index (κ2) is 3.37. The van der Waals surface area contributed by atoms with Gasteiger partial charge < -0.3 is 14.9 Å². The Balaban J connectivity index is 2.55. The third kappa shape index (κ3) is 1.52. The lowest BCUT2D eigenvalue weighted by Gasteiger charge is -2.14. The molecule has 0 radical (unpaired) electrons. The standard InChI is InChI=1S/C9H8N2O5/c1-4-2-7-5(9(12)15-4)3-6(11(13)14)8(10)16-7/h2H,3,10H2,1H3. The molecule has 0 aromatic carbocycles. The highest BCUT2D eigenvalue weighted by Crippen LogP contribution is 2.26. The molecule has 1 aromatic heterocycles. The molecule has 0 unspecified atom stereocenters. The van der Waals surface area contributed by atoms with Gasteiger partial charge in [-0.15, -0.1) is 0 Å². The van der Waals surface area contributed by atoms with Gasteiger partial charge in [0.2, 0.25) is 0 Å². The second-order valence-corrected chi connectivity index (χ2v) is 3.33. The van der Waals surface area contributed by atoms with Crippen molar-refractivity contribution in [3.63, 3.8) is 0 Å². The van der Waals surface area contributed by atoms with E-state index in [1.54, 1.807) is 6.92 Å². The van der Waals surface area contributed by atoms with Crippen molar-refractivity contribution < 1.29 is 14.1 Å². The number of hydrogen-bond donors (Lipinski definition) is 1. The highest BCUT2D eigenvalue weighted by atomic mass is 16.6. The summed E-state index contributed by atoms with van der Waals surface area (Å²) in [5.41, 5.74) is 4.53. The van der Waals surface area contributed by atoms with Gasteiger partial charge in [0.1, 0.15) is 11.5 Å². The fourth-order valence-corrected chi connectivity index (χ4v) is 1.45. The summed E-state index contributed by atoms with van der Waals surface area (Å²) >= 11 is 0. The Kier molecular flexibility index (Phi) is 2.15. The zero-order valence-electron chi connectivity index (χ0n) is 8.35. The molecule has 2 rings (SSSR count). The van der Waals surface area contributed by atoms with E-state index in [0.717, 1.165) is 0 Å². The van der Waals surface area contributed by atoms with Crippen LogP contribution in [0.3, 0.4) is 0 Å². The number of nitro groups is 1. The Morgan fingerprint density at radius 3 is 2.88 bits per heavy atom. The maximum Gasteiger partial charge on any atom is 0.343 e. The molecule has 1 aromatic rings. The van der Waals surface area contributed by atoms with Gasteiger partial charge in [-0.05, 0) is 6.92 Å². The van der Waals surface area contributed by atoms with Crippen LogP contribution in [0.15, 0.2) is 26.9 Å². The molecule has 7 heteroatoms. The molecular formula is C9H8N2O5. The van der Waals surface area contributed by atoms with E-state index >= 15 is 0 Å². The monoisotopic (exact) mass is 224 g/mol. The topological polar surface area (TPSA) is 109 Å². The minimum atomic E-state index is -0.669. The van der Waals surface area contributed by atoms with Gasteiger partial charge in [0.15, 0.2) is 0 Å². The van der Waals surface area contributed by atoms with Crippen molar-refractivity contribution in [3.8, 4) is 5.75 Å². The van der Waals surface area contributed by atoms with Gasteiger partial charge in [0, 0.05) is 6.07 Å². The van der Waals surface area contributed by atoms with Gasteiger partial charge in [-0.2, -0.15) is 0 Å². The molecule has 0 saturated heterocycles. The number of hydrogen-bond acceptors (Lipinski definition) is 6. The van der Waals surface area contributed by atoms with Crippen molar-refractivity contribution in [1.82, 2.24) is 0 Å². The van der Waals surface area contributed by atoms with E-state index in [4.69, 9.17) is 14.9 Å². The number of aryl methyl sites for hydroxylation is 1. The summed E-state index contributed by atoms with van der Waals surface area (Å²) in [6.07, 6.45) is -0.184.